The molecule has 2 N–H and O–H groups in total. The number of carbonyl (C=O) groups is 2. The molecule has 0 saturated heterocycles. The van der Waals surface area contributed by atoms with Crippen LogP contribution in [0.25, 0.3) is 0 Å². The van der Waals surface area contributed by atoms with Crippen molar-refractivity contribution >= 4 is 34.6 Å². The summed E-state index contributed by atoms with van der Waals surface area (Å²) in [5.41, 5.74) is 1.54. The number of nitrogens with zero attached hydrogens (tertiary/aromatic N) is 1. The Kier molecular flexibility index (Phi) is 7.21. The van der Waals surface area contributed by atoms with Crippen molar-refractivity contribution in [2.75, 3.05) is 0 Å². The molecule has 1 unspecified atom stereocenters. The van der Waals surface area contributed by atoms with E-state index >= 15 is 0 Å². The monoisotopic (exact) mass is 420 g/mol. The third kappa shape index (κ3) is 5.19. The summed E-state index contributed by atoms with van der Waals surface area (Å²) in [5.74, 6) is -0.791. The van der Waals surface area contributed by atoms with Crippen LogP contribution in [0.15, 0.2) is 24.3 Å². The van der Waals surface area contributed by atoms with Crippen molar-refractivity contribution < 1.29 is 14.7 Å². The predicted octanol–water partition coefficient (Wildman–Crippen LogP) is 4.15. The fourth-order valence-electron chi connectivity index (χ4n) is 3.67. The lowest BCUT2D eigenvalue weighted by Crippen LogP contribution is -2.39. The minimum absolute atomic E-state index is 0.0408. The normalized spacial score (nSPS) is 16.0. The average Bonchev–Trinajstić information content (AvgIpc) is 3.08. The second kappa shape index (κ2) is 9.63. The van der Waals surface area contributed by atoms with Crippen LogP contribution in [0.1, 0.15) is 59.3 Å². The number of thiazole rings is 1. The summed E-state index contributed by atoms with van der Waals surface area (Å²) in [7, 11) is 0. The van der Waals surface area contributed by atoms with Crippen molar-refractivity contribution in [3.8, 4) is 0 Å². The number of carbonyl (C=O) groups excluding carboxylic acids is 2. The summed E-state index contributed by atoms with van der Waals surface area (Å²) >= 11 is 7.29. The molecule has 1 aliphatic carbocycles. The number of aryl methyl sites for hydroxylation is 1. The molecule has 0 radical (unpaired) electrons. The molecule has 1 fully saturated rings. The van der Waals surface area contributed by atoms with Gasteiger partial charge < -0.3 is 10.4 Å². The lowest BCUT2D eigenvalue weighted by molar-refractivity contribution is -0.138. The Morgan fingerprint density at radius 2 is 1.93 bits per heavy atom. The van der Waals surface area contributed by atoms with E-state index in [0.717, 1.165) is 46.8 Å². The Morgan fingerprint density at radius 3 is 2.54 bits per heavy atom. The van der Waals surface area contributed by atoms with Gasteiger partial charge in [-0.15, -0.1) is 11.3 Å². The number of halogens is 1. The van der Waals surface area contributed by atoms with Gasteiger partial charge in [0.1, 0.15) is 5.01 Å². The first-order valence-electron chi connectivity index (χ1n) is 9.63. The summed E-state index contributed by atoms with van der Waals surface area (Å²) in [6.07, 6.45) is 5.48. The molecule has 1 heterocycles. The van der Waals surface area contributed by atoms with Crippen LogP contribution in [0.4, 0.5) is 0 Å². The summed E-state index contributed by atoms with van der Waals surface area (Å²) in [6.45, 7) is 1.79. The highest BCUT2D eigenvalue weighted by Crippen LogP contribution is 2.36. The minimum Gasteiger partial charge on any atom is -0.391 e. The van der Waals surface area contributed by atoms with E-state index in [-0.39, 0.29) is 25.0 Å². The Labute approximate surface area is 174 Å². The summed E-state index contributed by atoms with van der Waals surface area (Å²) < 4.78 is 0. The number of aromatic nitrogens is 1. The number of aliphatic hydroxyl groups excluding tert-OH is 1. The molecule has 2 aromatic rings. The first-order valence-corrected chi connectivity index (χ1v) is 10.8. The second-order valence-electron chi connectivity index (χ2n) is 7.29. The number of hydrogen-bond acceptors (Lipinski definition) is 5. The van der Waals surface area contributed by atoms with Gasteiger partial charge in [-0.05, 0) is 43.4 Å². The zero-order valence-electron chi connectivity index (χ0n) is 15.9. The largest absolute Gasteiger partial charge is 0.391 e. The molecule has 1 atom stereocenters. The minimum atomic E-state index is -0.580. The maximum atomic E-state index is 12.6. The molecule has 0 aliphatic heterocycles. The van der Waals surface area contributed by atoms with Gasteiger partial charge in [0.2, 0.25) is 5.78 Å². The van der Waals surface area contributed by atoms with Gasteiger partial charge >= 0.3 is 0 Å². The molecule has 0 spiro atoms. The van der Waals surface area contributed by atoms with Crippen molar-refractivity contribution in [2.45, 2.75) is 58.1 Å². The first-order chi connectivity index (χ1) is 13.5. The van der Waals surface area contributed by atoms with E-state index in [2.05, 4.69) is 10.3 Å². The topological polar surface area (TPSA) is 79.3 Å². The molecule has 1 saturated carbocycles. The number of aliphatic hydroxyl groups is 1. The van der Waals surface area contributed by atoms with Crippen LogP contribution >= 0.6 is 22.9 Å². The summed E-state index contributed by atoms with van der Waals surface area (Å²) in [5, 5.41) is 13.8. The number of ketones is 1. The first kappa shape index (κ1) is 21.0. The van der Waals surface area contributed by atoms with Crippen LogP contribution in [0, 0.1) is 12.8 Å². The Morgan fingerprint density at radius 1 is 1.25 bits per heavy atom. The van der Waals surface area contributed by atoms with Crippen molar-refractivity contribution in [1.82, 2.24) is 10.3 Å². The lowest BCUT2D eigenvalue weighted by Gasteiger charge is -2.29. The lowest BCUT2D eigenvalue weighted by atomic mass is 9.84. The predicted molar refractivity (Wildman–Crippen MR) is 110 cm³/mol. The third-order valence-corrected chi connectivity index (χ3v) is 6.74. The van der Waals surface area contributed by atoms with E-state index in [0.29, 0.717) is 5.02 Å². The Bertz CT molecular complexity index is 829. The number of nitrogens with one attached hydrogen (secondary N) is 1. The number of hydrogen-bond donors (Lipinski definition) is 2. The fourth-order valence-corrected chi connectivity index (χ4v) is 4.87. The van der Waals surface area contributed by atoms with Gasteiger partial charge in [-0.3, -0.25) is 9.59 Å². The highest BCUT2D eigenvalue weighted by molar-refractivity contribution is 7.11. The molecule has 150 valence electrons. The molecular formula is C21H25ClN2O3S. The molecule has 1 aromatic carbocycles. The van der Waals surface area contributed by atoms with Crippen LogP contribution in [0.3, 0.4) is 0 Å². The summed E-state index contributed by atoms with van der Waals surface area (Å²) in [4.78, 5) is 30.5. The molecule has 5 nitrogen and oxygen atoms in total. The average molecular weight is 421 g/mol. The molecule has 28 heavy (non-hydrogen) atoms. The zero-order valence-corrected chi connectivity index (χ0v) is 17.5. The van der Waals surface area contributed by atoms with Gasteiger partial charge in [-0.2, -0.15) is 0 Å². The van der Waals surface area contributed by atoms with Crippen molar-refractivity contribution in [1.29, 1.82) is 0 Å². The van der Waals surface area contributed by atoms with E-state index in [1.165, 1.54) is 17.8 Å². The standard InChI is InChI=1S/C21H25ClN2O3S/c1-13-18(12-25)28-21(23-13)19(15-5-3-2-4-6-15)24-20(27)17(26)11-14-7-9-16(22)10-8-14/h7-10,15,19,25H,2-6,11-12H2,1H3,(H,24,27). The molecular weight excluding hydrogens is 396 g/mol. The second-order valence-corrected chi connectivity index (χ2v) is 8.85. The number of Topliss-reactive ketones (excluding diaryl/α,β-unsaturated/α-hetero) is 1. The van der Waals surface area contributed by atoms with E-state index in [4.69, 9.17) is 11.6 Å². The van der Waals surface area contributed by atoms with Crippen molar-refractivity contribution in [2.24, 2.45) is 5.92 Å². The molecule has 3 rings (SSSR count). The molecule has 0 bridgehead atoms. The van der Waals surface area contributed by atoms with Gasteiger partial charge in [-0.25, -0.2) is 4.98 Å². The van der Waals surface area contributed by atoms with Crippen molar-refractivity contribution in [3.63, 3.8) is 0 Å². The highest BCUT2D eigenvalue weighted by atomic mass is 35.5. The van der Waals surface area contributed by atoms with E-state index < -0.39 is 11.7 Å². The third-order valence-electron chi connectivity index (χ3n) is 5.26. The molecule has 7 heteroatoms. The van der Waals surface area contributed by atoms with Crippen LogP contribution in [0.2, 0.25) is 5.02 Å². The van der Waals surface area contributed by atoms with Gasteiger partial charge in [0, 0.05) is 11.4 Å². The molecule has 1 amide bonds. The number of benzene rings is 1. The quantitative estimate of drug-likeness (QED) is 0.659. The van der Waals surface area contributed by atoms with Crippen molar-refractivity contribution in [3.05, 3.63) is 50.4 Å². The smallest absolute Gasteiger partial charge is 0.288 e. The van der Waals surface area contributed by atoms with Gasteiger partial charge in [-0.1, -0.05) is 43.0 Å². The fraction of sp³-hybridized carbons (Fsp3) is 0.476. The van der Waals surface area contributed by atoms with Crippen LogP contribution < -0.4 is 5.32 Å². The highest BCUT2D eigenvalue weighted by Gasteiger charge is 2.31. The zero-order chi connectivity index (χ0) is 20.1. The van der Waals surface area contributed by atoms with Crippen LogP contribution in [-0.2, 0) is 22.6 Å². The SMILES string of the molecule is Cc1nc(C(NC(=O)C(=O)Cc2ccc(Cl)cc2)C2CCCCC2)sc1CO. The van der Waals surface area contributed by atoms with Crippen LogP contribution in [-0.4, -0.2) is 21.8 Å². The Hall–Kier alpha value is -1.76. The molecule has 1 aliphatic rings. The maximum Gasteiger partial charge on any atom is 0.288 e. The van der Waals surface area contributed by atoms with Gasteiger partial charge in [0.15, 0.2) is 0 Å². The summed E-state index contributed by atoms with van der Waals surface area (Å²) in [6, 6.07) is 6.64. The Balaban J connectivity index is 1.74. The van der Waals surface area contributed by atoms with E-state index in [9.17, 15) is 14.7 Å². The number of rotatable bonds is 7. The van der Waals surface area contributed by atoms with Gasteiger partial charge in [0.25, 0.3) is 5.91 Å². The number of amides is 1. The van der Waals surface area contributed by atoms with E-state index in [1.807, 2.05) is 6.92 Å². The van der Waals surface area contributed by atoms with Gasteiger partial charge in [0.05, 0.1) is 23.2 Å². The van der Waals surface area contributed by atoms with E-state index in [1.54, 1.807) is 24.3 Å². The van der Waals surface area contributed by atoms with Crippen LogP contribution in [0.5, 0.6) is 0 Å². The molecule has 1 aromatic heterocycles. The maximum absolute atomic E-state index is 12.6.